The molecule has 0 radical (unpaired) electrons. The van der Waals surface area contributed by atoms with Crippen LogP contribution in [0.5, 0.6) is 0 Å². The van der Waals surface area contributed by atoms with Crippen molar-refractivity contribution in [2.75, 3.05) is 6.54 Å². The van der Waals surface area contributed by atoms with Crippen molar-refractivity contribution in [3.8, 4) is 0 Å². The molecule has 1 heterocycles. The van der Waals surface area contributed by atoms with Crippen LogP contribution in [0.4, 0.5) is 0 Å². The summed E-state index contributed by atoms with van der Waals surface area (Å²) in [5.41, 5.74) is 3.86. The van der Waals surface area contributed by atoms with Gasteiger partial charge < -0.3 is 14.8 Å². The minimum atomic E-state index is -0.458. The summed E-state index contributed by atoms with van der Waals surface area (Å²) in [6, 6.07) is 10.2. The third-order valence-electron chi connectivity index (χ3n) is 3.72. The number of furan rings is 1. The summed E-state index contributed by atoms with van der Waals surface area (Å²) in [4.78, 5) is 0. The minimum Gasteiger partial charge on any atom is -0.468 e. The Bertz CT molecular complexity index is 534. The summed E-state index contributed by atoms with van der Waals surface area (Å²) in [5.74, 6) is 0.890. The monoisotopic (exact) mass is 257 g/mol. The fourth-order valence-electron chi connectivity index (χ4n) is 2.66. The highest BCUT2D eigenvalue weighted by Gasteiger charge is 2.14. The van der Waals surface area contributed by atoms with Crippen molar-refractivity contribution >= 4 is 0 Å². The number of aryl methyl sites for hydroxylation is 2. The zero-order valence-electron chi connectivity index (χ0n) is 10.9. The van der Waals surface area contributed by atoms with Crippen LogP contribution < -0.4 is 5.32 Å². The van der Waals surface area contributed by atoms with E-state index in [4.69, 9.17) is 4.42 Å². The highest BCUT2D eigenvalue weighted by atomic mass is 16.3. The first-order valence-electron chi connectivity index (χ1n) is 6.86. The molecule has 0 bridgehead atoms. The lowest BCUT2D eigenvalue weighted by Crippen LogP contribution is -2.20. The number of nitrogens with one attached hydrogen (secondary N) is 1. The second kappa shape index (κ2) is 5.59. The van der Waals surface area contributed by atoms with Gasteiger partial charge in [0, 0.05) is 6.54 Å². The van der Waals surface area contributed by atoms with E-state index in [0.29, 0.717) is 13.1 Å². The van der Waals surface area contributed by atoms with Gasteiger partial charge in [-0.1, -0.05) is 18.2 Å². The molecule has 3 nitrogen and oxygen atoms in total. The van der Waals surface area contributed by atoms with E-state index in [0.717, 1.165) is 17.7 Å². The van der Waals surface area contributed by atoms with Crippen LogP contribution in [0.3, 0.4) is 0 Å². The smallest absolute Gasteiger partial charge is 0.117 e. The number of fused-ring (bicyclic) bond motifs is 1. The molecular weight excluding hydrogens is 238 g/mol. The van der Waals surface area contributed by atoms with Crippen molar-refractivity contribution in [1.82, 2.24) is 5.32 Å². The lowest BCUT2D eigenvalue weighted by atomic mass is 10.0. The van der Waals surface area contributed by atoms with Crippen molar-refractivity contribution in [2.24, 2.45) is 0 Å². The number of aliphatic hydroxyl groups is 1. The van der Waals surface area contributed by atoms with Gasteiger partial charge in [-0.2, -0.15) is 0 Å². The molecule has 1 aromatic carbocycles. The van der Waals surface area contributed by atoms with Gasteiger partial charge in [0.15, 0.2) is 0 Å². The second-order valence-corrected chi connectivity index (χ2v) is 5.11. The molecule has 1 unspecified atom stereocenters. The maximum atomic E-state index is 10.2. The van der Waals surface area contributed by atoms with Crippen molar-refractivity contribution in [3.05, 3.63) is 59.0 Å². The molecule has 0 saturated carbocycles. The van der Waals surface area contributed by atoms with E-state index in [9.17, 15) is 5.11 Å². The summed E-state index contributed by atoms with van der Waals surface area (Å²) < 4.78 is 5.24. The molecule has 0 fully saturated rings. The zero-order valence-corrected chi connectivity index (χ0v) is 10.9. The van der Waals surface area contributed by atoms with Crippen molar-refractivity contribution < 1.29 is 9.52 Å². The first-order chi connectivity index (χ1) is 9.33. The number of hydrogen-bond donors (Lipinski definition) is 2. The van der Waals surface area contributed by atoms with Crippen LogP contribution in [-0.2, 0) is 19.4 Å². The van der Waals surface area contributed by atoms with Gasteiger partial charge in [0.05, 0.1) is 18.9 Å². The Morgan fingerprint density at radius 1 is 1.21 bits per heavy atom. The molecule has 0 saturated heterocycles. The number of hydrogen-bond acceptors (Lipinski definition) is 3. The molecular formula is C16H19NO2. The Hall–Kier alpha value is -1.58. The molecule has 19 heavy (non-hydrogen) atoms. The molecule has 3 rings (SSSR count). The van der Waals surface area contributed by atoms with E-state index in [1.54, 1.807) is 6.26 Å². The van der Waals surface area contributed by atoms with Crippen molar-refractivity contribution in [3.63, 3.8) is 0 Å². The molecule has 2 N–H and O–H groups in total. The zero-order chi connectivity index (χ0) is 13.1. The molecule has 3 heteroatoms. The Kier molecular flexibility index (Phi) is 3.67. The van der Waals surface area contributed by atoms with Crippen LogP contribution in [0.1, 0.15) is 35.0 Å². The van der Waals surface area contributed by atoms with E-state index in [1.807, 2.05) is 18.2 Å². The minimum absolute atomic E-state index is 0.458. The van der Waals surface area contributed by atoms with Gasteiger partial charge in [0.1, 0.15) is 5.76 Å². The SMILES string of the molecule is OC(CNCc1ccco1)c1ccc2c(c1)CCC2. The predicted molar refractivity (Wildman–Crippen MR) is 73.8 cm³/mol. The van der Waals surface area contributed by atoms with Crippen LogP contribution in [0.25, 0.3) is 0 Å². The van der Waals surface area contributed by atoms with Crippen LogP contribution in [0.15, 0.2) is 41.0 Å². The lowest BCUT2D eigenvalue weighted by molar-refractivity contribution is 0.173. The normalized spacial score (nSPS) is 15.4. The fraction of sp³-hybridized carbons (Fsp3) is 0.375. The molecule has 1 aliphatic carbocycles. The summed E-state index contributed by atoms with van der Waals surface area (Å²) >= 11 is 0. The summed E-state index contributed by atoms with van der Waals surface area (Å²) in [6.07, 6.45) is 4.78. The van der Waals surface area contributed by atoms with Crippen molar-refractivity contribution in [1.29, 1.82) is 0 Å². The lowest BCUT2D eigenvalue weighted by Gasteiger charge is -2.13. The fourth-order valence-corrected chi connectivity index (χ4v) is 2.66. The Labute approximate surface area is 113 Å². The maximum absolute atomic E-state index is 10.2. The Balaban J connectivity index is 1.56. The van der Waals surface area contributed by atoms with Crippen LogP contribution >= 0.6 is 0 Å². The first kappa shape index (κ1) is 12.5. The predicted octanol–water partition coefficient (Wildman–Crippen LogP) is 2.59. The molecule has 1 aromatic heterocycles. The Morgan fingerprint density at radius 2 is 2.11 bits per heavy atom. The Morgan fingerprint density at radius 3 is 2.95 bits per heavy atom. The van der Waals surface area contributed by atoms with Crippen LogP contribution in [0, 0.1) is 0 Å². The summed E-state index contributed by atoms with van der Waals surface area (Å²) in [6.45, 7) is 1.19. The van der Waals surface area contributed by atoms with Gasteiger partial charge in [-0.15, -0.1) is 0 Å². The molecule has 100 valence electrons. The van der Waals surface area contributed by atoms with E-state index in [1.165, 1.54) is 24.0 Å². The molecule has 0 spiro atoms. The molecule has 2 aromatic rings. The van der Waals surface area contributed by atoms with Crippen molar-refractivity contribution in [2.45, 2.75) is 31.9 Å². The van der Waals surface area contributed by atoms with Gasteiger partial charge in [0.25, 0.3) is 0 Å². The standard InChI is InChI=1S/C16H19NO2/c18-16(11-17-10-15-5-2-8-19-15)14-7-6-12-3-1-4-13(12)9-14/h2,5-9,16-18H,1,3-4,10-11H2. The molecule has 1 aliphatic rings. The quantitative estimate of drug-likeness (QED) is 0.865. The third-order valence-corrected chi connectivity index (χ3v) is 3.72. The van der Waals surface area contributed by atoms with Gasteiger partial charge in [-0.25, -0.2) is 0 Å². The average molecular weight is 257 g/mol. The van der Waals surface area contributed by atoms with Gasteiger partial charge >= 0.3 is 0 Å². The van der Waals surface area contributed by atoms with E-state index in [2.05, 4.69) is 17.4 Å². The summed E-state index contributed by atoms with van der Waals surface area (Å²) in [7, 11) is 0. The molecule has 0 amide bonds. The number of benzene rings is 1. The number of aliphatic hydroxyl groups excluding tert-OH is 1. The molecule has 1 atom stereocenters. The third kappa shape index (κ3) is 2.88. The second-order valence-electron chi connectivity index (χ2n) is 5.11. The highest BCUT2D eigenvalue weighted by molar-refractivity contribution is 5.36. The van der Waals surface area contributed by atoms with Gasteiger partial charge in [-0.05, 0) is 48.1 Å². The van der Waals surface area contributed by atoms with Crippen LogP contribution in [0.2, 0.25) is 0 Å². The molecule has 0 aliphatic heterocycles. The topological polar surface area (TPSA) is 45.4 Å². The van der Waals surface area contributed by atoms with Gasteiger partial charge in [0.2, 0.25) is 0 Å². The number of rotatable bonds is 5. The average Bonchev–Trinajstić information content (AvgIpc) is 3.08. The maximum Gasteiger partial charge on any atom is 0.117 e. The first-order valence-corrected chi connectivity index (χ1v) is 6.86. The summed E-state index contributed by atoms with van der Waals surface area (Å²) in [5, 5.41) is 13.4. The van der Waals surface area contributed by atoms with E-state index in [-0.39, 0.29) is 0 Å². The van der Waals surface area contributed by atoms with E-state index >= 15 is 0 Å². The van der Waals surface area contributed by atoms with Gasteiger partial charge in [-0.3, -0.25) is 0 Å². The largest absolute Gasteiger partial charge is 0.468 e. The van der Waals surface area contributed by atoms with Crippen LogP contribution in [-0.4, -0.2) is 11.7 Å². The highest BCUT2D eigenvalue weighted by Crippen LogP contribution is 2.25. The van der Waals surface area contributed by atoms with E-state index < -0.39 is 6.10 Å².